The lowest BCUT2D eigenvalue weighted by Crippen LogP contribution is -2.20. The maximum atomic E-state index is 6.04. The van der Waals surface area contributed by atoms with Gasteiger partial charge in [0.25, 0.3) is 0 Å². The summed E-state index contributed by atoms with van der Waals surface area (Å²) in [4.78, 5) is 0. The molecule has 0 N–H and O–H groups in total. The third-order valence-electron chi connectivity index (χ3n) is 24.8. The predicted molar refractivity (Wildman–Crippen MR) is 508 cm³/mol. The molecule has 8 saturated heterocycles. The van der Waals surface area contributed by atoms with Gasteiger partial charge in [-0.25, -0.2) is 0 Å². The van der Waals surface area contributed by atoms with Crippen molar-refractivity contribution in [1.29, 1.82) is 0 Å². The zero-order valence-corrected chi connectivity index (χ0v) is 76.8. The molecule has 0 aromatic heterocycles. The lowest BCUT2D eigenvalue weighted by Gasteiger charge is -2.28. The largest absolute Gasteiger partial charge is 0.491 e. The van der Waals surface area contributed by atoms with Crippen molar-refractivity contribution in [3.8, 4) is 34.1 Å². The molecule has 0 radical (unpaired) electrons. The number of rotatable bonds is 25. The summed E-state index contributed by atoms with van der Waals surface area (Å²) in [6.07, 6.45) is 15.1. The van der Waals surface area contributed by atoms with Gasteiger partial charge < -0.3 is 75.8 Å². The van der Waals surface area contributed by atoms with E-state index >= 15 is 0 Å². The Kier molecular flexibility index (Phi) is 37.5. The Morgan fingerprint density at radius 1 is 0.386 bits per heavy atom. The molecule has 11 aliphatic rings. The Balaban J connectivity index is 0.000000135. The fourth-order valence-electron chi connectivity index (χ4n) is 17.5. The minimum Gasteiger partial charge on any atom is -0.491 e. The first-order chi connectivity index (χ1) is 61.4. The van der Waals surface area contributed by atoms with Gasteiger partial charge >= 0.3 is 0 Å². The molecule has 12 atom stereocenters. The highest BCUT2D eigenvalue weighted by Gasteiger charge is 2.56. The molecular weight excluding hydrogens is 1590 g/mol. The number of hydrogen-bond donors (Lipinski definition) is 0. The summed E-state index contributed by atoms with van der Waals surface area (Å²) < 4.78 is 84.1. The van der Waals surface area contributed by atoms with Crippen molar-refractivity contribution in [1.82, 2.24) is 0 Å². The highest BCUT2D eigenvalue weighted by atomic mass is 16.7. The molecule has 3 aliphatic carbocycles. The molecular formula is C111H140O16. The molecule has 16 nitrogen and oxygen atoms in total. The fourth-order valence-corrected chi connectivity index (χ4v) is 17.5. The summed E-state index contributed by atoms with van der Waals surface area (Å²) in [7, 11) is 3.36. The van der Waals surface area contributed by atoms with E-state index in [0.29, 0.717) is 83.1 Å². The first kappa shape index (κ1) is 97.0. The smallest absolute Gasteiger partial charge is 0.147 e. The molecule has 680 valence electrons. The van der Waals surface area contributed by atoms with E-state index < -0.39 is 0 Å². The quantitative estimate of drug-likeness (QED) is 0.0495. The van der Waals surface area contributed by atoms with Gasteiger partial charge in [-0.2, -0.15) is 0 Å². The summed E-state index contributed by atoms with van der Waals surface area (Å²) in [5.74, 6) is 8.10. The molecule has 0 spiro atoms. The molecule has 10 aromatic rings. The van der Waals surface area contributed by atoms with Gasteiger partial charge in [0.05, 0.1) is 66.1 Å². The normalized spacial score (nSPS) is 23.8. The third kappa shape index (κ3) is 31.4. The second kappa shape index (κ2) is 49.1. The third-order valence-corrected chi connectivity index (χ3v) is 24.8. The van der Waals surface area contributed by atoms with Gasteiger partial charge in [-0.05, 0) is 248 Å². The number of ether oxygens (including phenoxy) is 16. The SMILES string of the molecule is C.CC(=Cc1ccc(OCC2CO2)c(C)c1)Cc1ccc(OCC2CO2)c(C)c1.CCc1ccc(-c2ccc(CC)cc2)cc1.COCC1CO1.COCC1CO1.Cc1cc(C)c(OCC2CO2)c(C)c1.Cc1cc(C2(C)CC3C4CCC(C4)C3C2)cc(C)c1OCC1CO1.c1ccc(C2COCO2)cc1.c1ccc(C2COCO2)cc1.c1ccc2ccccc2c1. The van der Waals surface area contributed by atoms with Gasteiger partial charge in [0.2, 0.25) is 0 Å². The van der Waals surface area contributed by atoms with Gasteiger partial charge in [-0.15, -0.1) is 0 Å². The van der Waals surface area contributed by atoms with Crippen molar-refractivity contribution >= 4 is 16.8 Å². The predicted octanol–water partition coefficient (Wildman–Crippen LogP) is 23.2. The number of allylic oxidation sites excluding steroid dienone is 1. The second-order valence-corrected chi connectivity index (χ2v) is 35.5. The first-order valence-electron chi connectivity index (χ1n) is 45.7. The minimum atomic E-state index is 0. The van der Waals surface area contributed by atoms with Gasteiger partial charge in [-0.3, -0.25) is 0 Å². The molecule has 12 unspecified atom stereocenters. The van der Waals surface area contributed by atoms with Crippen molar-refractivity contribution in [2.75, 3.05) is 120 Å². The van der Waals surface area contributed by atoms with E-state index in [2.05, 4.69) is 264 Å². The number of aryl methyl sites for hydroxylation is 9. The highest BCUT2D eigenvalue weighted by molar-refractivity contribution is 5.82. The van der Waals surface area contributed by atoms with Crippen LogP contribution in [0, 0.1) is 72.1 Å². The average molecular weight is 1730 g/mol. The van der Waals surface area contributed by atoms with Crippen molar-refractivity contribution in [3.05, 3.63) is 302 Å². The number of methoxy groups -OCH3 is 2. The van der Waals surface area contributed by atoms with Crippen LogP contribution in [0.25, 0.3) is 28.0 Å². The lowest BCUT2D eigenvalue weighted by atomic mass is 9.77. The topological polar surface area (TPSA) is 167 Å². The Labute approximate surface area is 757 Å². The van der Waals surface area contributed by atoms with Crippen LogP contribution in [-0.2, 0) is 81.5 Å². The number of fused-ring (bicyclic) bond motifs is 6. The summed E-state index contributed by atoms with van der Waals surface area (Å²) in [5, 5.41) is 2.62. The van der Waals surface area contributed by atoms with Crippen molar-refractivity contribution in [2.45, 2.75) is 189 Å². The Morgan fingerprint density at radius 2 is 0.748 bits per heavy atom. The van der Waals surface area contributed by atoms with Crippen molar-refractivity contribution < 1.29 is 75.8 Å². The Morgan fingerprint density at radius 3 is 1.10 bits per heavy atom. The van der Waals surface area contributed by atoms with E-state index in [1.165, 1.54) is 120 Å². The number of hydrogen-bond acceptors (Lipinski definition) is 16. The van der Waals surface area contributed by atoms with Crippen LogP contribution in [0.5, 0.6) is 23.0 Å². The van der Waals surface area contributed by atoms with Crippen LogP contribution in [0.4, 0.5) is 0 Å². The summed E-state index contributed by atoms with van der Waals surface area (Å²) >= 11 is 0. The second-order valence-electron chi connectivity index (χ2n) is 35.5. The van der Waals surface area contributed by atoms with Crippen molar-refractivity contribution in [2.24, 2.45) is 23.7 Å². The molecule has 8 aliphatic heterocycles. The number of epoxide rings is 6. The first-order valence-corrected chi connectivity index (χ1v) is 45.7. The molecule has 11 fully saturated rings. The molecule has 127 heavy (non-hydrogen) atoms. The maximum absolute atomic E-state index is 6.04. The van der Waals surface area contributed by atoms with Crippen LogP contribution < -0.4 is 18.9 Å². The number of benzene rings is 10. The molecule has 21 rings (SSSR count). The molecule has 2 bridgehead atoms. The van der Waals surface area contributed by atoms with Crippen molar-refractivity contribution in [3.63, 3.8) is 0 Å². The van der Waals surface area contributed by atoms with Crippen LogP contribution in [0.2, 0.25) is 0 Å². The molecule has 10 aromatic carbocycles. The van der Waals surface area contributed by atoms with E-state index in [1.807, 2.05) is 36.4 Å². The molecule has 16 heteroatoms. The Hall–Kier alpha value is -9.08. The maximum Gasteiger partial charge on any atom is 0.147 e. The zero-order chi connectivity index (χ0) is 88.2. The van der Waals surface area contributed by atoms with E-state index in [0.717, 1.165) is 124 Å². The fraction of sp³-hybridized carbons (Fsp3) is 0.459. The Bertz CT molecular complexity index is 4720. The van der Waals surface area contributed by atoms with Crippen LogP contribution in [-0.4, -0.2) is 157 Å². The zero-order valence-electron chi connectivity index (χ0n) is 76.8. The average Bonchev–Trinajstić information content (AvgIpc) is 1.57. The van der Waals surface area contributed by atoms with Crippen LogP contribution in [0.3, 0.4) is 0 Å². The summed E-state index contributed by atoms with van der Waals surface area (Å²) in [5.41, 5.74) is 22.2. The van der Waals surface area contributed by atoms with Crippen LogP contribution in [0.1, 0.15) is 157 Å². The van der Waals surface area contributed by atoms with E-state index in [1.54, 1.807) is 26.2 Å². The lowest BCUT2D eigenvalue weighted by molar-refractivity contribution is 0.0464. The monoisotopic (exact) mass is 1730 g/mol. The highest BCUT2D eigenvalue weighted by Crippen LogP contribution is 2.64. The molecule has 0 amide bonds. The van der Waals surface area contributed by atoms with Gasteiger partial charge in [-0.1, -0.05) is 246 Å². The van der Waals surface area contributed by atoms with Gasteiger partial charge in [0.15, 0.2) is 0 Å². The molecule has 8 heterocycles. The van der Waals surface area contributed by atoms with Crippen LogP contribution in [0.15, 0.2) is 224 Å². The van der Waals surface area contributed by atoms with E-state index in [-0.39, 0.29) is 31.8 Å². The van der Waals surface area contributed by atoms with Crippen LogP contribution >= 0.6 is 0 Å². The van der Waals surface area contributed by atoms with Gasteiger partial charge in [0.1, 0.15) is 112 Å². The minimum absolute atomic E-state index is 0. The van der Waals surface area contributed by atoms with Gasteiger partial charge in [0, 0.05) is 14.2 Å². The van der Waals surface area contributed by atoms with E-state index in [4.69, 9.17) is 75.8 Å². The van der Waals surface area contributed by atoms with E-state index in [9.17, 15) is 0 Å². The standard InChI is InChI=1S/C24H28O4.C22H30O2.C16H18.C12H16O2.C10H8.2C9H10O2.2C4H8O2.CH4/c1-16(8-19-4-6-23(17(2)10-19)27-14-21-12-25-21)9-20-5-7-24(18(3)11-20)28-15-22-13-26-22;1-13-6-17(7-14(2)21(13)24-12-18-11-23-18)22(3)9-19-15-4-5-16(8-15)20(19)10-22;1-3-13-5-9-15(10-6-13)16-11-7-14(4-2)8-12-16;1-8-4-9(2)12(10(3)5-8)14-7-11-6-13-11;1-2-6-10-8-4-3-7-9(10)5-1;2*1-2-4-8(5-3-1)9-6-10-7-11-9;2*1-5-2-4-3-6-4;/h4-8,10-11,21-22H,9,12-15H2,1-3H3;6-7,15-16,18-20H,4-5,8-12H2,1-3H3;5-12H,3-4H2,1-2H3;4-5,11H,6-7H2,1-3H3;1-8H;2*1-5,9H,6-7H2;2*4H,2-3H2,1H3;1H4. The molecule has 3 saturated carbocycles. The summed E-state index contributed by atoms with van der Waals surface area (Å²) in [6, 6.07) is 76.6. The summed E-state index contributed by atoms with van der Waals surface area (Å²) in [6.45, 7) is 35.5.